The predicted molar refractivity (Wildman–Crippen MR) is 118 cm³/mol. The first-order valence-corrected chi connectivity index (χ1v) is 9.91. The van der Waals surface area contributed by atoms with Gasteiger partial charge in [0.05, 0.1) is 0 Å². The number of carbonyl (C=O) groups excluding carboxylic acids is 2. The van der Waals surface area contributed by atoms with E-state index in [0.717, 1.165) is 10.1 Å². The third-order valence-corrected chi connectivity index (χ3v) is 4.96. The number of aryl methyl sites for hydroxylation is 1. The van der Waals surface area contributed by atoms with Crippen LogP contribution in [0.4, 0.5) is 10.1 Å². The molecule has 0 fully saturated rings. The van der Waals surface area contributed by atoms with E-state index < -0.39 is 34.9 Å². The third kappa shape index (κ3) is 5.57. The summed E-state index contributed by atoms with van der Waals surface area (Å²) in [6.45, 7) is 1.15. The van der Waals surface area contributed by atoms with Crippen LogP contribution >= 0.6 is 0 Å². The maximum absolute atomic E-state index is 13.3. The van der Waals surface area contributed by atoms with E-state index in [0.29, 0.717) is 5.69 Å². The number of amides is 2. The Kier molecular flexibility index (Phi) is 6.99. The van der Waals surface area contributed by atoms with Crippen LogP contribution < -0.4 is 21.5 Å². The molecule has 0 aliphatic carbocycles. The van der Waals surface area contributed by atoms with Crippen LogP contribution in [-0.4, -0.2) is 34.5 Å². The van der Waals surface area contributed by atoms with Crippen LogP contribution in [0.1, 0.15) is 11.1 Å². The zero-order valence-electron chi connectivity index (χ0n) is 17.7. The van der Waals surface area contributed by atoms with Crippen molar-refractivity contribution in [1.29, 1.82) is 0 Å². The Balaban J connectivity index is 1.82. The minimum atomic E-state index is -0.931. The number of carbonyl (C=O) groups is 2. The van der Waals surface area contributed by atoms with Crippen molar-refractivity contribution in [2.24, 2.45) is 0 Å². The lowest BCUT2D eigenvalue weighted by Crippen LogP contribution is -2.50. The summed E-state index contributed by atoms with van der Waals surface area (Å²) in [6.07, 6.45) is 1.51. The molecule has 9 heteroatoms. The molecule has 2 amide bonds. The van der Waals surface area contributed by atoms with Gasteiger partial charge in [-0.25, -0.2) is 9.18 Å². The Bertz CT molecular complexity index is 1220. The van der Waals surface area contributed by atoms with Gasteiger partial charge in [-0.2, -0.15) is 0 Å². The number of likely N-dealkylation sites (N-methyl/N-ethyl adjacent to an activating group) is 1. The number of benzene rings is 2. The zero-order valence-corrected chi connectivity index (χ0v) is 17.7. The fraction of sp³-hybridized carbons (Fsp3) is 0.217. The van der Waals surface area contributed by atoms with Gasteiger partial charge >= 0.3 is 5.69 Å². The van der Waals surface area contributed by atoms with Crippen LogP contribution in [0.3, 0.4) is 0 Å². The number of H-pyrrole nitrogens is 1. The van der Waals surface area contributed by atoms with Crippen molar-refractivity contribution in [2.75, 3.05) is 11.9 Å². The Hall–Kier alpha value is -4.01. The minimum Gasteiger partial charge on any atom is -0.342 e. The van der Waals surface area contributed by atoms with E-state index >= 15 is 0 Å². The fourth-order valence-electron chi connectivity index (χ4n) is 3.21. The second-order valence-electron chi connectivity index (χ2n) is 7.38. The summed E-state index contributed by atoms with van der Waals surface area (Å²) in [5.41, 5.74) is 0.340. The molecular weight excluding hydrogens is 415 g/mol. The molecule has 1 aromatic heterocycles. The monoisotopic (exact) mass is 438 g/mol. The van der Waals surface area contributed by atoms with Gasteiger partial charge in [0, 0.05) is 30.9 Å². The molecule has 32 heavy (non-hydrogen) atoms. The summed E-state index contributed by atoms with van der Waals surface area (Å²) in [5, 5.41) is 2.68. The van der Waals surface area contributed by atoms with Crippen molar-refractivity contribution in [3.8, 4) is 0 Å². The average molecular weight is 438 g/mol. The lowest BCUT2D eigenvalue weighted by molar-refractivity contribution is -0.127. The molecule has 0 bridgehead atoms. The Morgan fingerprint density at radius 3 is 2.41 bits per heavy atom. The van der Waals surface area contributed by atoms with E-state index in [-0.39, 0.29) is 18.5 Å². The van der Waals surface area contributed by atoms with Gasteiger partial charge in [-0.15, -0.1) is 0 Å². The van der Waals surface area contributed by atoms with Crippen molar-refractivity contribution in [3.63, 3.8) is 0 Å². The largest absolute Gasteiger partial charge is 0.342 e. The van der Waals surface area contributed by atoms with Crippen LogP contribution in [-0.2, 0) is 22.6 Å². The first-order chi connectivity index (χ1) is 15.2. The molecule has 0 radical (unpaired) electrons. The normalized spacial score (nSPS) is 11.6. The molecule has 166 valence electrons. The lowest BCUT2D eigenvalue weighted by atomic mass is 10.0. The Morgan fingerprint density at radius 2 is 1.75 bits per heavy atom. The molecule has 1 heterocycles. The predicted octanol–water partition coefficient (Wildman–Crippen LogP) is 1.37. The highest BCUT2D eigenvalue weighted by Gasteiger charge is 2.25. The van der Waals surface area contributed by atoms with E-state index in [4.69, 9.17) is 0 Å². The van der Waals surface area contributed by atoms with E-state index in [1.54, 1.807) is 0 Å². The summed E-state index contributed by atoms with van der Waals surface area (Å²) >= 11 is 0. The van der Waals surface area contributed by atoms with Gasteiger partial charge in [0.25, 0.3) is 5.56 Å². The second kappa shape index (κ2) is 9.86. The number of hydrogen-bond acceptors (Lipinski definition) is 4. The number of aromatic amines is 1. The van der Waals surface area contributed by atoms with Crippen molar-refractivity contribution in [3.05, 3.63) is 98.6 Å². The number of nitrogens with one attached hydrogen (secondary N) is 2. The quantitative estimate of drug-likeness (QED) is 0.581. The van der Waals surface area contributed by atoms with E-state index in [2.05, 4.69) is 10.3 Å². The van der Waals surface area contributed by atoms with E-state index in [9.17, 15) is 23.6 Å². The summed E-state index contributed by atoms with van der Waals surface area (Å²) in [6, 6.07) is 13.7. The van der Waals surface area contributed by atoms with Crippen LogP contribution in [0.25, 0.3) is 0 Å². The second-order valence-corrected chi connectivity index (χ2v) is 7.38. The molecule has 8 nitrogen and oxygen atoms in total. The van der Waals surface area contributed by atoms with Gasteiger partial charge < -0.3 is 10.2 Å². The number of halogens is 1. The van der Waals surface area contributed by atoms with Crippen molar-refractivity contribution >= 4 is 17.5 Å². The topological polar surface area (TPSA) is 104 Å². The molecule has 0 aliphatic rings. The number of aromatic nitrogens is 2. The van der Waals surface area contributed by atoms with Gasteiger partial charge in [0.15, 0.2) is 0 Å². The van der Waals surface area contributed by atoms with E-state index in [1.165, 1.54) is 49.3 Å². The van der Waals surface area contributed by atoms with Gasteiger partial charge in [-0.05, 0) is 36.8 Å². The number of hydrogen-bond donors (Lipinski definition) is 2. The first-order valence-electron chi connectivity index (χ1n) is 9.91. The van der Waals surface area contributed by atoms with E-state index in [1.807, 2.05) is 30.3 Å². The number of anilines is 1. The average Bonchev–Trinajstić information content (AvgIpc) is 2.77. The fourth-order valence-corrected chi connectivity index (χ4v) is 3.21. The molecule has 1 atom stereocenters. The Morgan fingerprint density at radius 1 is 1.09 bits per heavy atom. The number of nitrogens with zero attached hydrogens (tertiary/aromatic N) is 2. The van der Waals surface area contributed by atoms with Crippen LogP contribution in [0.5, 0.6) is 0 Å². The first kappa shape index (κ1) is 22.7. The lowest BCUT2D eigenvalue weighted by Gasteiger charge is -2.25. The van der Waals surface area contributed by atoms with Crippen molar-refractivity contribution < 1.29 is 14.0 Å². The van der Waals surface area contributed by atoms with Crippen molar-refractivity contribution in [1.82, 2.24) is 14.9 Å². The minimum absolute atomic E-state index is 0.219. The maximum Gasteiger partial charge on any atom is 0.328 e. The van der Waals surface area contributed by atoms with Gasteiger partial charge in [-0.3, -0.25) is 23.9 Å². The molecule has 2 aromatic carbocycles. The molecule has 2 N–H and O–H groups in total. The Labute approximate surface area is 183 Å². The maximum atomic E-state index is 13.3. The molecule has 0 aliphatic heterocycles. The molecule has 1 unspecified atom stereocenters. The molecule has 3 aromatic rings. The van der Waals surface area contributed by atoms with Crippen LogP contribution in [0.2, 0.25) is 0 Å². The summed E-state index contributed by atoms with van der Waals surface area (Å²) < 4.78 is 14.3. The van der Waals surface area contributed by atoms with Crippen LogP contribution in [0, 0.1) is 12.7 Å². The molecule has 0 saturated heterocycles. The third-order valence-electron chi connectivity index (χ3n) is 4.96. The molecule has 0 spiro atoms. The summed E-state index contributed by atoms with van der Waals surface area (Å²) in [7, 11) is 1.54. The highest BCUT2D eigenvalue weighted by Crippen LogP contribution is 2.15. The highest BCUT2D eigenvalue weighted by molar-refractivity contribution is 5.98. The standard InChI is InChI=1S/C23H23FN4O4/c1-15-13-28(23(32)26-21(15)30)14-20(29)25-19(12-16-6-4-3-5-7-16)22(31)27(2)18-10-8-17(24)9-11-18/h3-11,13,19H,12,14H2,1-2H3,(H,25,29)(H,26,30,32). The SMILES string of the molecule is Cc1cn(CC(=O)NC(Cc2ccccc2)C(=O)N(C)c2ccc(F)cc2)c(=O)[nH]c1=O. The summed E-state index contributed by atoms with van der Waals surface area (Å²) in [5.74, 6) is -1.40. The molecular formula is C23H23FN4O4. The van der Waals surface area contributed by atoms with Crippen molar-refractivity contribution in [2.45, 2.75) is 25.9 Å². The smallest absolute Gasteiger partial charge is 0.328 e. The summed E-state index contributed by atoms with van der Waals surface area (Å²) in [4.78, 5) is 52.9. The molecule has 0 saturated carbocycles. The highest BCUT2D eigenvalue weighted by atomic mass is 19.1. The van der Waals surface area contributed by atoms with Gasteiger partial charge in [0.2, 0.25) is 11.8 Å². The zero-order chi connectivity index (χ0) is 23.3. The van der Waals surface area contributed by atoms with Crippen LogP contribution in [0.15, 0.2) is 70.4 Å². The van der Waals surface area contributed by atoms with Gasteiger partial charge in [-0.1, -0.05) is 30.3 Å². The number of rotatable bonds is 7. The molecule has 3 rings (SSSR count). The van der Waals surface area contributed by atoms with Gasteiger partial charge in [0.1, 0.15) is 18.4 Å².